The van der Waals surface area contributed by atoms with Gasteiger partial charge in [-0.05, 0) is 0 Å². The molecule has 0 saturated carbocycles. The van der Waals surface area contributed by atoms with Gasteiger partial charge in [0, 0.05) is 45.2 Å². The van der Waals surface area contributed by atoms with E-state index in [1.54, 1.807) is 9.80 Å². The molecule has 11 heteroatoms. The maximum Gasteiger partial charge on any atom is 0.317 e. The lowest BCUT2D eigenvalue weighted by molar-refractivity contribution is -0.141. The Bertz CT molecular complexity index is 513. The molecule has 1 atom stereocenters. The van der Waals surface area contributed by atoms with Crippen molar-refractivity contribution < 1.29 is 34.5 Å². The van der Waals surface area contributed by atoms with Crippen molar-refractivity contribution in [3.8, 4) is 0 Å². The molecule has 5 N–H and O–H groups in total. The number of carboxylic acids is 3. The summed E-state index contributed by atoms with van der Waals surface area (Å²) in [6.07, 6.45) is -0.109. The van der Waals surface area contributed by atoms with Crippen LogP contribution in [0, 0.1) is 0 Å². The van der Waals surface area contributed by atoms with E-state index in [9.17, 15) is 19.2 Å². The van der Waals surface area contributed by atoms with Crippen LogP contribution in [0.2, 0.25) is 0 Å². The van der Waals surface area contributed by atoms with E-state index in [1.807, 2.05) is 0 Å². The summed E-state index contributed by atoms with van der Waals surface area (Å²) in [4.78, 5) is 49.2. The number of amides is 1. The van der Waals surface area contributed by atoms with E-state index in [0.29, 0.717) is 6.54 Å². The standard InChI is InChI=1S/C14H24N4O7/c15-11(19)5-10-6-17(8-13(22)23)2-1-16(7-12(20)21)3-4-18(10)9-14(24)25/h10H,1-9H2,(H2,15,19)(H,20,21)(H,22,23)(H,24,25). The first-order chi connectivity index (χ1) is 11.7. The number of hydrogen-bond acceptors (Lipinski definition) is 7. The van der Waals surface area contributed by atoms with Gasteiger partial charge < -0.3 is 21.1 Å². The highest BCUT2D eigenvalue weighted by Gasteiger charge is 2.28. The molecular weight excluding hydrogens is 336 g/mol. The van der Waals surface area contributed by atoms with Crippen LogP contribution in [0.5, 0.6) is 0 Å². The van der Waals surface area contributed by atoms with Crippen LogP contribution in [0.1, 0.15) is 6.42 Å². The van der Waals surface area contributed by atoms with Crippen LogP contribution >= 0.6 is 0 Å². The number of carbonyl (C=O) groups is 4. The largest absolute Gasteiger partial charge is 0.480 e. The van der Waals surface area contributed by atoms with Crippen LogP contribution < -0.4 is 5.73 Å². The van der Waals surface area contributed by atoms with Crippen molar-refractivity contribution in [3.05, 3.63) is 0 Å². The van der Waals surface area contributed by atoms with Crippen molar-refractivity contribution in [1.29, 1.82) is 0 Å². The summed E-state index contributed by atoms with van der Waals surface area (Å²) in [6.45, 7) is 0.413. The number of primary amides is 1. The molecule has 1 aliphatic heterocycles. The zero-order valence-corrected chi connectivity index (χ0v) is 13.8. The maximum absolute atomic E-state index is 11.3. The number of nitrogens with two attached hydrogens (primary N) is 1. The zero-order chi connectivity index (χ0) is 19.0. The van der Waals surface area contributed by atoms with Crippen molar-refractivity contribution in [3.63, 3.8) is 0 Å². The topological polar surface area (TPSA) is 165 Å². The van der Waals surface area contributed by atoms with Crippen LogP contribution in [0.25, 0.3) is 0 Å². The van der Waals surface area contributed by atoms with Gasteiger partial charge >= 0.3 is 17.9 Å². The third-order valence-electron chi connectivity index (χ3n) is 3.91. The summed E-state index contributed by atoms with van der Waals surface area (Å²) in [5.74, 6) is -3.80. The Labute approximate surface area is 144 Å². The van der Waals surface area contributed by atoms with Crippen LogP contribution in [0.4, 0.5) is 0 Å². The van der Waals surface area contributed by atoms with Gasteiger partial charge in [-0.1, -0.05) is 0 Å². The second kappa shape index (κ2) is 9.91. The SMILES string of the molecule is NC(=O)CC1CN(CC(=O)O)CCN(CC(=O)O)CCN1CC(=O)O. The third kappa shape index (κ3) is 8.42. The average Bonchev–Trinajstić information content (AvgIpc) is 2.50. The molecule has 1 heterocycles. The summed E-state index contributed by atoms with van der Waals surface area (Å²) in [6, 6.07) is -0.558. The van der Waals surface area contributed by atoms with Gasteiger partial charge in [0.25, 0.3) is 0 Å². The minimum atomic E-state index is -1.09. The molecule has 0 spiro atoms. The summed E-state index contributed by atoms with van der Waals surface area (Å²) in [7, 11) is 0. The van der Waals surface area contributed by atoms with Gasteiger partial charge in [0.1, 0.15) is 0 Å². The van der Waals surface area contributed by atoms with Crippen molar-refractivity contribution in [1.82, 2.24) is 14.7 Å². The predicted octanol–water partition coefficient (Wildman–Crippen LogP) is -2.60. The normalized spacial score (nSPS) is 21.0. The highest BCUT2D eigenvalue weighted by molar-refractivity contribution is 5.75. The van der Waals surface area contributed by atoms with E-state index in [1.165, 1.54) is 4.90 Å². The van der Waals surface area contributed by atoms with E-state index in [0.717, 1.165) is 0 Å². The molecule has 0 aromatic heterocycles. The number of hydrogen-bond donors (Lipinski definition) is 4. The van der Waals surface area contributed by atoms with Gasteiger partial charge in [0.15, 0.2) is 0 Å². The van der Waals surface area contributed by atoms with Gasteiger partial charge in [0.2, 0.25) is 5.91 Å². The smallest absolute Gasteiger partial charge is 0.317 e. The summed E-state index contributed by atoms with van der Waals surface area (Å²) >= 11 is 0. The second-order valence-corrected chi connectivity index (χ2v) is 5.99. The molecule has 1 amide bonds. The summed E-state index contributed by atoms with van der Waals surface area (Å²) in [5, 5.41) is 27.1. The lowest BCUT2D eigenvalue weighted by Gasteiger charge is -2.32. The molecule has 0 aliphatic carbocycles. The Balaban J connectivity index is 3.01. The first kappa shape index (κ1) is 20.8. The third-order valence-corrected chi connectivity index (χ3v) is 3.91. The minimum absolute atomic E-state index is 0.109. The number of carbonyl (C=O) groups excluding carboxylic acids is 1. The molecule has 11 nitrogen and oxygen atoms in total. The summed E-state index contributed by atoms with van der Waals surface area (Å²) < 4.78 is 0. The van der Waals surface area contributed by atoms with Gasteiger partial charge in [-0.3, -0.25) is 33.9 Å². The fourth-order valence-electron chi connectivity index (χ4n) is 2.84. The minimum Gasteiger partial charge on any atom is -0.480 e. The van der Waals surface area contributed by atoms with Crippen molar-refractivity contribution in [2.45, 2.75) is 12.5 Å². The molecule has 0 radical (unpaired) electrons. The Hall–Kier alpha value is -2.24. The van der Waals surface area contributed by atoms with Crippen LogP contribution in [-0.4, -0.2) is 112 Å². The molecule has 25 heavy (non-hydrogen) atoms. The molecule has 1 aliphatic rings. The summed E-state index contributed by atoms with van der Waals surface area (Å²) in [5.41, 5.74) is 5.25. The Morgan fingerprint density at radius 2 is 1.28 bits per heavy atom. The number of rotatable bonds is 8. The lowest BCUT2D eigenvalue weighted by atomic mass is 10.1. The molecule has 1 saturated heterocycles. The van der Waals surface area contributed by atoms with Gasteiger partial charge in [0.05, 0.1) is 19.6 Å². The highest BCUT2D eigenvalue weighted by Crippen LogP contribution is 2.10. The quantitative estimate of drug-likeness (QED) is 0.361. The Morgan fingerprint density at radius 1 is 0.800 bits per heavy atom. The fraction of sp³-hybridized carbons (Fsp3) is 0.714. The Kier molecular flexibility index (Phi) is 8.25. The monoisotopic (exact) mass is 360 g/mol. The van der Waals surface area contributed by atoms with E-state index in [2.05, 4.69) is 0 Å². The van der Waals surface area contributed by atoms with Crippen LogP contribution in [-0.2, 0) is 19.2 Å². The van der Waals surface area contributed by atoms with E-state index >= 15 is 0 Å². The molecule has 1 unspecified atom stereocenters. The van der Waals surface area contributed by atoms with E-state index < -0.39 is 29.9 Å². The highest BCUT2D eigenvalue weighted by atomic mass is 16.4. The first-order valence-electron chi connectivity index (χ1n) is 7.79. The fourth-order valence-corrected chi connectivity index (χ4v) is 2.84. The van der Waals surface area contributed by atoms with Crippen molar-refractivity contribution in [2.75, 3.05) is 52.4 Å². The van der Waals surface area contributed by atoms with Crippen molar-refractivity contribution in [2.24, 2.45) is 5.73 Å². The zero-order valence-electron chi connectivity index (χ0n) is 13.8. The molecule has 1 fully saturated rings. The molecule has 0 aromatic rings. The Morgan fingerprint density at radius 3 is 1.80 bits per heavy atom. The van der Waals surface area contributed by atoms with Crippen molar-refractivity contribution >= 4 is 23.8 Å². The van der Waals surface area contributed by atoms with Gasteiger partial charge in [-0.25, -0.2) is 0 Å². The lowest BCUT2D eigenvalue weighted by Crippen LogP contribution is -2.49. The van der Waals surface area contributed by atoms with E-state index in [-0.39, 0.29) is 52.2 Å². The second-order valence-electron chi connectivity index (χ2n) is 5.99. The number of aliphatic carboxylic acids is 3. The van der Waals surface area contributed by atoms with Gasteiger partial charge in [-0.15, -0.1) is 0 Å². The first-order valence-corrected chi connectivity index (χ1v) is 7.79. The van der Waals surface area contributed by atoms with Crippen LogP contribution in [0.3, 0.4) is 0 Å². The molecular formula is C14H24N4O7. The number of nitrogens with zero attached hydrogens (tertiary/aromatic N) is 3. The molecule has 1 rings (SSSR count). The number of carboxylic acid groups (broad SMARTS) is 3. The molecule has 142 valence electrons. The average molecular weight is 360 g/mol. The maximum atomic E-state index is 11.3. The van der Waals surface area contributed by atoms with Crippen LogP contribution in [0.15, 0.2) is 0 Å². The molecule has 0 bridgehead atoms. The molecule has 0 aromatic carbocycles. The van der Waals surface area contributed by atoms with E-state index in [4.69, 9.17) is 21.1 Å². The predicted molar refractivity (Wildman–Crippen MR) is 85.0 cm³/mol. The van der Waals surface area contributed by atoms with Gasteiger partial charge in [-0.2, -0.15) is 0 Å².